The number of furan rings is 1. The molecule has 0 bridgehead atoms. The Labute approximate surface area is 235 Å². The van der Waals surface area contributed by atoms with Crippen molar-refractivity contribution in [3.05, 3.63) is 80.4 Å². The van der Waals surface area contributed by atoms with Gasteiger partial charge in [0.05, 0.1) is 32.7 Å². The third-order valence-corrected chi connectivity index (χ3v) is 6.87. The Morgan fingerprint density at radius 2 is 1.77 bits per heavy atom. The van der Waals surface area contributed by atoms with Crippen molar-refractivity contribution in [3.63, 3.8) is 0 Å². The summed E-state index contributed by atoms with van der Waals surface area (Å²) in [5.41, 5.74) is 0.643. The van der Waals surface area contributed by atoms with Crippen LogP contribution in [0.2, 0.25) is 10.0 Å². The third kappa shape index (κ3) is 6.33. The van der Waals surface area contributed by atoms with E-state index < -0.39 is 35.5 Å². The molecule has 13 heteroatoms. The number of imide groups is 1. The molecule has 2 N–H and O–H groups in total. The molecule has 39 heavy (non-hydrogen) atoms. The van der Waals surface area contributed by atoms with E-state index in [0.717, 1.165) is 4.90 Å². The predicted octanol–water partition coefficient (Wildman–Crippen LogP) is 5.80. The molecule has 1 fully saturated rings. The van der Waals surface area contributed by atoms with E-state index in [-0.39, 0.29) is 44.1 Å². The zero-order chi connectivity index (χ0) is 28.3. The Hall–Kier alpha value is -4.06. The van der Waals surface area contributed by atoms with E-state index in [4.69, 9.17) is 32.4 Å². The number of anilines is 1. The number of carboxylic acid groups (broad SMARTS) is 1. The average Bonchev–Trinajstić information content (AvgIpc) is 3.45. The van der Waals surface area contributed by atoms with E-state index in [1.807, 2.05) is 0 Å². The lowest BCUT2D eigenvalue weighted by atomic mass is 10.1. The molecule has 1 aliphatic heterocycles. The molecule has 3 amide bonds. The van der Waals surface area contributed by atoms with Crippen LogP contribution in [0.25, 0.3) is 17.4 Å². The van der Waals surface area contributed by atoms with E-state index in [0.29, 0.717) is 23.1 Å². The fourth-order valence-electron chi connectivity index (χ4n) is 3.51. The van der Waals surface area contributed by atoms with E-state index in [1.54, 1.807) is 25.1 Å². The van der Waals surface area contributed by atoms with Gasteiger partial charge in [0.25, 0.3) is 11.1 Å². The highest BCUT2D eigenvalue weighted by molar-refractivity contribution is 8.18. The summed E-state index contributed by atoms with van der Waals surface area (Å²) in [6, 6.07) is 11.7. The molecule has 4 rings (SSSR count). The van der Waals surface area contributed by atoms with Crippen molar-refractivity contribution in [2.45, 2.75) is 6.92 Å². The largest absolute Gasteiger partial charge is 0.478 e. The number of benzene rings is 2. The second-order valence-corrected chi connectivity index (χ2v) is 9.74. The van der Waals surface area contributed by atoms with E-state index in [9.17, 15) is 29.1 Å². The number of halogens is 2. The minimum absolute atomic E-state index is 0.0344. The summed E-state index contributed by atoms with van der Waals surface area (Å²) >= 11 is 12.6. The monoisotopic (exact) mass is 588 g/mol. The van der Waals surface area contributed by atoms with Crippen molar-refractivity contribution in [3.8, 4) is 11.3 Å². The molecule has 0 spiro atoms. The molecule has 2 heterocycles. The summed E-state index contributed by atoms with van der Waals surface area (Å²) in [5.74, 6) is -2.66. The minimum Gasteiger partial charge on any atom is -0.478 e. The molecule has 1 aromatic heterocycles. The van der Waals surface area contributed by atoms with Crippen molar-refractivity contribution in [2.75, 3.05) is 18.5 Å². The fraction of sp³-hybridized carbons (Fsp3) is 0.115. The first-order chi connectivity index (χ1) is 18.6. The number of hydrogen-bond acceptors (Lipinski definition) is 8. The predicted molar refractivity (Wildman–Crippen MR) is 145 cm³/mol. The second-order valence-electron chi connectivity index (χ2n) is 7.93. The second kappa shape index (κ2) is 11.8. The smallest absolute Gasteiger partial charge is 0.339 e. The van der Waals surface area contributed by atoms with Gasteiger partial charge in [0, 0.05) is 17.3 Å². The van der Waals surface area contributed by atoms with Gasteiger partial charge in [-0.15, -0.1) is 0 Å². The maximum Gasteiger partial charge on any atom is 0.339 e. The first-order valence-electron chi connectivity index (χ1n) is 11.2. The topological polar surface area (TPSA) is 143 Å². The molecular weight excluding hydrogens is 571 g/mol. The number of carbonyl (C=O) groups excluding carboxylic acids is 4. The number of ether oxygens (including phenoxy) is 1. The average molecular weight is 589 g/mol. The molecule has 1 aliphatic rings. The molecular formula is C26H18Cl2N2O8S. The third-order valence-electron chi connectivity index (χ3n) is 5.30. The molecule has 0 radical (unpaired) electrons. The number of amides is 3. The standard InChI is InChI=1S/C26H18Cl2N2O8S/c1-2-37-25(35)17-10-14(4-7-19(17)28)29-22(31)12-30-23(32)21(39-26(30)36)11-15-5-8-20(38-15)13-3-6-18(27)16(9-13)24(33)34/h3-11H,2,12H2,1H3,(H,29,31)(H,33,34)/b21-11+. The number of carboxylic acids is 1. The maximum absolute atomic E-state index is 12.8. The summed E-state index contributed by atoms with van der Waals surface area (Å²) in [6.45, 7) is 1.22. The van der Waals surface area contributed by atoms with Gasteiger partial charge in [-0.2, -0.15) is 0 Å². The lowest BCUT2D eigenvalue weighted by Crippen LogP contribution is -2.36. The number of nitrogens with one attached hydrogen (secondary N) is 1. The summed E-state index contributed by atoms with van der Waals surface area (Å²) in [4.78, 5) is 62.1. The molecule has 0 saturated carbocycles. The summed E-state index contributed by atoms with van der Waals surface area (Å²) in [7, 11) is 0. The van der Waals surface area contributed by atoms with Crippen LogP contribution in [0.4, 0.5) is 10.5 Å². The van der Waals surface area contributed by atoms with Crippen molar-refractivity contribution in [1.29, 1.82) is 0 Å². The highest BCUT2D eigenvalue weighted by Gasteiger charge is 2.36. The van der Waals surface area contributed by atoms with Gasteiger partial charge in [-0.05, 0) is 67.2 Å². The number of thioether (sulfide) groups is 1. The molecule has 200 valence electrons. The van der Waals surface area contributed by atoms with Gasteiger partial charge in [-0.25, -0.2) is 9.59 Å². The lowest BCUT2D eigenvalue weighted by molar-refractivity contribution is -0.127. The van der Waals surface area contributed by atoms with Crippen LogP contribution in [0.1, 0.15) is 33.4 Å². The summed E-state index contributed by atoms with van der Waals surface area (Å²) in [5, 5.41) is 11.4. The Balaban J connectivity index is 1.45. The van der Waals surface area contributed by atoms with Crippen molar-refractivity contribution in [2.24, 2.45) is 0 Å². The SMILES string of the molecule is CCOC(=O)c1cc(NC(=O)CN2C(=O)S/C(=C/c3ccc(-c4ccc(Cl)c(C(=O)O)c4)o3)C2=O)ccc1Cl. The Morgan fingerprint density at radius 3 is 2.49 bits per heavy atom. The Morgan fingerprint density at radius 1 is 1.05 bits per heavy atom. The molecule has 0 aliphatic carbocycles. The van der Waals surface area contributed by atoms with Gasteiger partial charge in [-0.1, -0.05) is 23.2 Å². The molecule has 3 aromatic rings. The van der Waals surface area contributed by atoms with Crippen LogP contribution in [-0.4, -0.2) is 52.2 Å². The van der Waals surface area contributed by atoms with Gasteiger partial charge in [0.15, 0.2) is 0 Å². The quantitative estimate of drug-likeness (QED) is 0.246. The van der Waals surface area contributed by atoms with Crippen molar-refractivity contribution in [1.82, 2.24) is 4.90 Å². The van der Waals surface area contributed by atoms with Gasteiger partial charge >= 0.3 is 11.9 Å². The molecule has 1 saturated heterocycles. The van der Waals surface area contributed by atoms with Gasteiger partial charge in [0.2, 0.25) is 5.91 Å². The van der Waals surface area contributed by atoms with Crippen LogP contribution in [0.3, 0.4) is 0 Å². The first-order valence-corrected chi connectivity index (χ1v) is 12.8. The van der Waals surface area contributed by atoms with Crippen molar-refractivity contribution < 1.29 is 38.2 Å². The highest BCUT2D eigenvalue weighted by atomic mass is 35.5. The van der Waals surface area contributed by atoms with Gasteiger partial charge < -0.3 is 19.6 Å². The molecule has 2 aromatic carbocycles. The Bertz CT molecular complexity index is 1550. The van der Waals surface area contributed by atoms with Gasteiger partial charge in [0.1, 0.15) is 18.1 Å². The van der Waals surface area contributed by atoms with Crippen LogP contribution in [-0.2, 0) is 14.3 Å². The molecule has 0 atom stereocenters. The number of rotatable bonds is 8. The molecule has 0 unspecified atom stereocenters. The molecule has 10 nitrogen and oxygen atoms in total. The minimum atomic E-state index is -1.19. The number of carbonyl (C=O) groups is 5. The first kappa shape index (κ1) is 28.0. The van der Waals surface area contributed by atoms with Gasteiger partial charge in [-0.3, -0.25) is 19.3 Å². The zero-order valence-corrected chi connectivity index (χ0v) is 22.4. The lowest BCUT2D eigenvalue weighted by Gasteiger charge is -2.13. The zero-order valence-electron chi connectivity index (χ0n) is 20.0. The fourth-order valence-corrected chi connectivity index (χ4v) is 4.72. The van der Waals surface area contributed by atoms with Crippen molar-refractivity contribution >= 4 is 75.7 Å². The van der Waals surface area contributed by atoms with E-state index in [2.05, 4.69) is 5.32 Å². The van der Waals surface area contributed by atoms with Crippen LogP contribution >= 0.6 is 35.0 Å². The summed E-state index contributed by atoms with van der Waals surface area (Å²) < 4.78 is 10.6. The van der Waals surface area contributed by atoms with E-state index in [1.165, 1.54) is 36.4 Å². The number of aromatic carboxylic acids is 1. The van der Waals surface area contributed by atoms with Crippen LogP contribution in [0.5, 0.6) is 0 Å². The number of hydrogen-bond donors (Lipinski definition) is 2. The Kier molecular flexibility index (Phi) is 8.44. The summed E-state index contributed by atoms with van der Waals surface area (Å²) in [6.07, 6.45) is 1.35. The maximum atomic E-state index is 12.8. The van der Waals surface area contributed by atoms with E-state index >= 15 is 0 Å². The number of nitrogens with zero attached hydrogens (tertiary/aromatic N) is 1. The van der Waals surface area contributed by atoms with Crippen LogP contribution in [0.15, 0.2) is 57.9 Å². The van der Waals surface area contributed by atoms with Crippen LogP contribution in [0, 0.1) is 0 Å². The van der Waals surface area contributed by atoms with Crippen LogP contribution < -0.4 is 5.32 Å². The normalized spacial score (nSPS) is 14.1. The highest BCUT2D eigenvalue weighted by Crippen LogP contribution is 2.34. The number of esters is 1.